The minimum atomic E-state index is 0.555. The predicted molar refractivity (Wildman–Crippen MR) is 92.5 cm³/mol. The van der Waals surface area contributed by atoms with E-state index in [1.165, 1.54) is 57.8 Å². The van der Waals surface area contributed by atoms with Crippen molar-refractivity contribution < 1.29 is 0 Å². The van der Waals surface area contributed by atoms with Crippen molar-refractivity contribution in [3.63, 3.8) is 0 Å². The number of rotatable bonds is 5. The van der Waals surface area contributed by atoms with Crippen LogP contribution in [0.3, 0.4) is 0 Å². The van der Waals surface area contributed by atoms with Crippen molar-refractivity contribution in [3.05, 3.63) is 0 Å². The second-order valence-electron chi connectivity index (χ2n) is 7.78. The smallest absolute Gasteiger partial charge is 0.00801 e. The van der Waals surface area contributed by atoms with Gasteiger partial charge in [0, 0.05) is 17.3 Å². The van der Waals surface area contributed by atoms with Gasteiger partial charge in [0.1, 0.15) is 0 Å². The standard InChI is InChI=1S/C18H35NS/c1-5-18(2,3)14-9-11-15(12-10-14)19-16-7-6-8-17(13-16)20-4/h14-17,19H,5-13H2,1-4H3. The molecule has 2 atom stereocenters. The second kappa shape index (κ2) is 7.54. The Labute approximate surface area is 131 Å². The Bertz CT molecular complexity index is 281. The largest absolute Gasteiger partial charge is 0.311 e. The Kier molecular flexibility index (Phi) is 6.28. The number of hydrogen-bond donors (Lipinski definition) is 1. The van der Waals surface area contributed by atoms with Crippen LogP contribution in [0.25, 0.3) is 0 Å². The van der Waals surface area contributed by atoms with E-state index in [1.54, 1.807) is 0 Å². The van der Waals surface area contributed by atoms with Gasteiger partial charge >= 0.3 is 0 Å². The zero-order chi connectivity index (χ0) is 14.6. The Morgan fingerprint density at radius 3 is 2.30 bits per heavy atom. The molecule has 0 aromatic rings. The Hall–Kier alpha value is 0.310. The van der Waals surface area contributed by atoms with Crippen LogP contribution in [0.15, 0.2) is 0 Å². The van der Waals surface area contributed by atoms with Crippen LogP contribution in [0.5, 0.6) is 0 Å². The molecule has 0 saturated heterocycles. The van der Waals surface area contributed by atoms with Crippen LogP contribution in [0.1, 0.15) is 78.6 Å². The molecule has 2 fully saturated rings. The average molecular weight is 298 g/mol. The van der Waals surface area contributed by atoms with Gasteiger partial charge in [-0.05, 0) is 62.5 Å². The van der Waals surface area contributed by atoms with Gasteiger partial charge in [0.05, 0.1) is 0 Å². The van der Waals surface area contributed by atoms with Crippen LogP contribution < -0.4 is 5.32 Å². The highest BCUT2D eigenvalue weighted by Gasteiger charge is 2.32. The van der Waals surface area contributed by atoms with E-state index in [4.69, 9.17) is 0 Å². The van der Waals surface area contributed by atoms with E-state index in [0.29, 0.717) is 5.41 Å². The van der Waals surface area contributed by atoms with Gasteiger partial charge < -0.3 is 5.32 Å². The van der Waals surface area contributed by atoms with Crippen molar-refractivity contribution in [1.29, 1.82) is 0 Å². The minimum absolute atomic E-state index is 0.555. The molecule has 0 spiro atoms. The van der Waals surface area contributed by atoms with E-state index < -0.39 is 0 Å². The summed E-state index contributed by atoms with van der Waals surface area (Å²) in [5.41, 5.74) is 0.555. The number of nitrogens with one attached hydrogen (secondary N) is 1. The van der Waals surface area contributed by atoms with Crippen LogP contribution in [-0.2, 0) is 0 Å². The Morgan fingerprint density at radius 1 is 1.00 bits per heavy atom. The van der Waals surface area contributed by atoms with Gasteiger partial charge in [-0.2, -0.15) is 11.8 Å². The highest BCUT2D eigenvalue weighted by molar-refractivity contribution is 7.99. The minimum Gasteiger partial charge on any atom is -0.311 e. The van der Waals surface area contributed by atoms with Crippen LogP contribution >= 0.6 is 11.8 Å². The van der Waals surface area contributed by atoms with Gasteiger partial charge in [0.25, 0.3) is 0 Å². The lowest BCUT2D eigenvalue weighted by molar-refractivity contribution is 0.132. The fraction of sp³-hybridized carbons (Fsp3) is 1.00. The lowest BCUT2D eigenvalue weighted by atomic mass is 9.69. The van der Waals surface area contributed by atoms with Crippen LogP contribution in [0.2, 0.25) is 0 Å². The molecule has 118 valence electrons. The van der Waals surface area contributed by atoms with Crippen LogP contribution in [0.4, 0.5) is 0 Å². The average Bonchev–Trinajstić information content (AvgIpc) is 2.48. The van der Waals surface area contributed by atoms with Gasteiger partial charge in [-0.3, -0.25) is 0 Å². The summed E-state index contributed by atoms with van der Waals surface area (Å²) >= 11 is 2.08. The molecule has 0 aromatic carbocycles. The van der Waals surface area contributed by atoms with Crippen molar-refractivity contribution in [2.75, 3.05) is 6.26 Å². The third-order valence-electron chi connectivity index (χ3n) is 6.17. The Balaban J connectivity index is 1.74. The van der Waals surface area contributed by atoms with Gasteiger partial charge in [0.2, 0.25) is 0 Å². The SMILES string of the molecule is CCC(C)(C)C1CCC(NC2CCCC(SC)C2)CC1. The van der Waals surface area contributed by atoms with Crippen molar-refractivity contribution in [1.82, 2.24) is 5.32 Å². The van der Waals surface area contributed by atoms with Gasteiger partial charge in [-0.15, -0.1) is 0 Å². The summed E-state index contributed by atoms with van der Waals surface area (Å²) in [7, 11) is 0. The molecule has 2 unspecified atom stereocenters. The zero-order valence-electron chi connectivity index (χ0n) is 14.1. The number of hydrogen-bond acceptors (Lipinski definition) is 2. The highest BCUT2D eigenvalue weighted by atomic mass is 32.2. The van der Waals surface area contributed by atoms with Crippen molar-refractivity contribution in [2.45, 2.75) is 95.9 Å². The lowest BCUT2D eigenvalue weighted by Crippen LogP contribution is -2.44. The maximum absolute atomic E-state index is 4.00. The van der Waals surface area contributed by atoms with E-state index in [-0.39, 0.29) is 0 Å². The summed E-state index contributed by atoms with van der Waals surface area (Å²) in [5, 5.41) is 4.91. The third kappa shape index (κ3) is 4.40. The first-order valence-corrected chi connectivity index (χ1v) is 10.1. The molecule has 0 heterocycles. The normalized spacial score (nSPS) is 36.0. The molecule has 2 aliphatic carbocycles. The van der Waals surface area contributed by atoms with Crippen molar-refractivity contribution in [3.8, 4) is 0 Å². The molecule has 2 rings (SSSR count). The molecule has 20 heavy (non-hydrogen) atoms. The summed E-state index contributed by atoms with van der Waals surface area (Å²) in [6.07, 6.45) is 15.0. The maximum atomic E-state index is 4.00. The molecule has 2 heteroatoms. The summed E-state index contributed by atoms with van der Waals surface area (Å²) in [4.78, 5) is 0. The highest BCUT2D eigenvalue weighted by Crippen LogP contribution is 2.40. The van der Waals surface area contributed by atoms with E-state index in [2.05, 4.69) is 44.1 Å². The molecule has 1 N–H and O–H groups in total. The molecule has 2 aliphatic rings. The fourth-order valence-electron chi connectivity index (χ4n) is 4.17. The van der Waals surface area contributed by atoms with Crippen LogP contribution in [-0.4, -0.2) is 23.6 Å². The molecule has 2 saturated carbocycles. The van der Waals surface area contributed by atoms with Gasteiger partial charge in [-0.25, -0.2) is 0 Å². The van der Waals surface area contributed by atoms with Gasteiger partial charge in [0.15, 0.2) is 0 Å². The topological polar surface area (TPSA) is 12.0 Å². The summed E-state index contributed by atoms with van der Waals surface area (Å²) in [6.45, 7) is 7.29. The molecule has 1 nitrogen and oxygen atoms in total. The van der Waals surface area contributed by atoms with E-state index in [9.17, 15) is 0 Å². The summed E-state index contributed by atoms with van der Waals surface area (Å²) < 4.78 is 0. The molecule has 0 aromatic heterocycles. The molecule has 0 radical (unpaired) electrons. The molecular weight excluding hydrogens is 262 g/mol. The Morgan fingerprint density at radius 2 is 1.70 bits per heavy atom. The lowest BCUT2D eigenvalue weighted by Gasteiger charge is -2.40. The fourth-order valence-corrected chi connectivity index (χ4v) is 5.00. The third-order valence-corrected chi connectivity index (χ3v) is 7.27. The first kappa shape index (κ1) is 16.7. The second-order valence-corrected chi connectivity index (χ2v) is 8.92. The monoisotopic (exact) mass is 297 g/mol. The number of thioether (sulfide) groups is 1. The van der Waals surface area contributed by atoms with Gasteiger partial charge in [-0.1, -0.05) is 33.6 Å². The van der Waals surface area contributed by atoms with E-state index in [1.807, 2.05) is 0 Å². The van der Waals surface area contributed by atoms with E-state index in [0.717, 1.165) is 23.3 Å². The van der Waals surface area contributed by atoms with Crippen molar-refractivity contribution >= 4 is 11.8 Å². The molecule has 0 bridgehead atoms. The maximum Gasteiger partial charge on any atom is 0.00801 e. The van der Waals surface area contributed by atoms with Crippen LogP contribution in [0, 0.1) is 11.3 Å². The zero-order valence-corrected chi connectivity index (χ0v) is 14.9. The van der Waals surface area contributed by atoms with E-state index >= 15 is 0 Å². The molecule has 0 aliphatic heterocycles. The molecule has 0 amide bonds. The predicted octanol–water partition coefficient (Wildman–Crippen LogP) is 5.25. The quantitative estimate of drug-likeness (QED) is 0.744. The molecular formula is C18H35NS. The summed E-state index contributed by atoms with van der Waals surface area (Å²) in [5.74, 6) is 0.954. The summed E-state index contributed by atoms with van der Waals surface area (Å²) in [6, 6.07) is 1.62. The first-order chi connectivity index (χ1) is 9.55. The first-order valence-electron chi connectivity index (χ1n) is 8.84. The van der Waals surface area contributed by atoms with Crippen molar-refractivity contribution in [2.24, 2.45) is 11.3 Å².